The fourth-order valence-electron chi connectivity index (χ4n) is 2.13. The van der Waals surface area contributed by atoms with Gasteiger partial charge >= 0.3 is 0 Å². The zero-order valence-corrected chi connectivity index (χ0v) is 14.8. The van der Waals surface area contributed by atoms with Crippen molar-refractivity contribution in [1.29, 1.82) is 0 Å². The third-order valence-corrected chi connectivity index (χ3v) is 3.24. The summed E-state index contributed by atoms with van der Waals surface area (Å²) >= 11 is 0. The molecule has 134 valence electrons. The van der Waals surface area contributed by atoms with Crippen molar-refractivity contribution < 1.29 is 19.1 Å². The van der Waals surface area contributed by atoms with E-state index in [4.69, 9.17) is 9.47 Å². The molecule has 0 aliphatic heterocycles. The van der Waals surface area contributed by atoms with E-state index < -0.39 is 0 Å². The lowest BCUT2D eigenvalue weighted by Crippen LogP contribution is -2.27. The number of amides is 2. The first-order valence-electron chi connectivity index (χ1n) is 7.95. The Hall–Kier alpha value is -2.12. The molecule has 0 aliphatic rings. The third-order valence-electron chi connectivity index (χ3n) is 3.24. The molecule has 0 saturated carbocycles. The summed E-state index contributed by atoms with van der Waals surface area (Å²) in [5, 5.41) is 5.58. The van der Waals surface area contributed by atoms with Gasteiger partial charge in [0, 0.05) is 52.3 Å². The van der Waals surface area contributed by atoms with E-state index >= 15 is 0 Å². The summed E-state index contributed by atoms with van der Waals surface area (Å²) in [6.07, 6.45) is 0.751. The van der Waals surface area contributed by atoms with E-state index in [1.807, 2.05) is 25.9 Å². The first-order chi connectivity index (χ1) is 11.5. The number of hydrogen-bond acceptors (Lipinski definition) is 5. The van der Waals surface area contributed by atoms with Gasteiger partial charge in [0.2, 0.25) is 5.91 Å². The number of nitrogens with zero attached hydrogens (tertiary/aromatic N) is 1. The number of rotatable bonds is 10. The van der Waals surface area contributed by atoms with Crippen molar-refractivity contribution in [2.45, 2.75) is 13.3 Å². The van der Waals surface area contributed by atoms with Crippen molar-refractivity contribution in [3.05, 3.63) is 23.8 Å². The van der Waals surface area contributed by atoms with Gasteiger partial charge in [-0.05, 0) is 31.5 Å². The molecule has 2 amide bonds. The lowest BCUT2D eigenvalue weighted by molar-refractivity contribution is -0.119. The first kappa shape index (κ1) is 19.9. The van der Waals surface area contributed by atoms with Crippen LogP contribution in [0.15, 0.2) is 18.2 Å². The van der Waals surface area contributed by atoms with Crippen LogP contribution in [-0.2, 0) is 14.3 Å². The summed E-state index contributed by atoms with van der Waals surface area (Å²) in [6.45, 7) is 3.72. The first-order valence-corrected chi connectivity index (χ1v) is 7.95. The summed E-state index contributed by atoms with van der Waals surface area (Å²) in [7, 11) is 5.19. The summed E-state index contributed by atoms with van der Waals surface area (Å²) in [4.78, 5) is 25.9. The average Bonchev–Trinajstić information content (AvgIpc) is 2.54. The molecule has 2 N–H and O–H groups in total. The second-order valence-electron chi connectivity index (χ2n) is 5.41. The third kappa shape index (κ3) is 6.55. The van der Waals surface area contributed by atoms with Gasteiger partial charge in [-0.25, -0.2) is 0 Å². The molecule has 0 radical (unpaired) electrons. The van der Waals surface area contributed by atoms with Crippen LogP contribution in [0.3, 0.4) is 0 Å². The minimum atomic E-state index is -0.266. The zero-order valence-electron chi connectivity index (χ0n) is 14.8. The molecular formula is C17H27N3O4. The summed E-state index contributed by atoms with van der Waals surface area (Å²) in [5.41, 5.74) is 1.84. The van der Waals surface area contributed by atoms with Gasteiger partial charge in [-0.1, -0.05) is 0 Å². The Bertz CT molecular complexity index is 547. The Morgan fingerprint density at radius 2 is 2.00 bits per heavy atom. The molecule has 1 rings (SSSR count). The maximum atomic E-state index is 12.5. The van der Waals surface area contributed by atoms with E-state index in [0.29, 0.717) is 31.0 Å². The molecule has 1 aromatic rings. The zero-order chi connectivity index (χ0) is 17.9. The van der Waals surface area contributed by atoms with E-state index in [-0.39, 0.29) is 18.4 Å². The normalized spacial score (nSPS) is 10.3. The van der Waals surface area contributed by atoms with Crippen molar-refractivity contribution in [3.63, 3.8) is 0 Å². The minimum absolute atomic E-state index is 0.0333. The number of hydrogen-bond donors (Lipinski definition) is 2. The standard InChI is InChI=1S/C17H27N3O4/c1-5-24-10-6-9-18-17(22)14-11-13(19-16(21)12-23-4)7-8-15(14)20(2)3/h7-8,11H,5-6,9-10,12H2,1-4H3,(H,18,22)(H,19,21). The molecule has 7 heteroatoms. The minimum Gasteiger partial charge on any atom is -0.382 e. The second-order valence-corrected chi connectivity index (χ2v) is 5.41. The van der Waals surface area contributed by atoms with Crippen molar-refractivity contribution in [2.24, 2.45) is 0 Å². The van der Waals surface area contributed by atoms with Crippen LogP contribution in [0.2, 0.25) is 0 Å². The second kappa shape index (κ2) is 10.6. The maximum Gasteiger partial charge on any atom is 0.253 e. The molecule has 0 atom stereocenters. The van der Waals surface area contributed by atoms with E-state index in [9.17, 15) is 9.59 Å². The number of nitrogens with one attached hydrogen (secondary N) is 2. The lowest BCUT2D eigenvalue weighted by atomic mass is 10.1. The van der Waals surface area contributed by atoms with Gasteiger partial charge in [0.1, 0.15) is 6.61 Å². The van der Waals surface area contributed by atoms with Gasteiger partial charge in [0.15, 0.2) is 0 Å². The quantitative estimate of drug-likeness (QED) is 0.633. The van der Waals surface area contributed by atoms with Crippen LogP contribution in [0.4, 0.5) is 11.4 Å². The van der Waals surface area contributed by atoms with Gasteiger partial charge in [-0.15, -0.1) is 0 Å². The van der Waals surface area contributed by atoms with E-state index in [1.165, 1.54) is 7.11 Å². The van der Waals surface area contributed by atoms with Gasteiger partial charge in [-0.3, -0.25) is 9.59 Å². The molecule has 0 spiro atoms. The van der Waals surface area contributed by atoms with Crippen molar-refractivity contribution >= 4 is 23.2 Å². The van der Waals surface area contributed by atoms with Gasteiger partial charge in [-0.2, -0.15) is 0 Å². The summed E-state index contributed by atoms with van der Waals surface area (Å²) in [6, 6.07) is 5.23. The monoisotopic (exact) mass is 337 g/mol. The van der Waals surface area contributed by atoms with E-state index in [1.54, 1.807) is 18.2 Å². The fraction of sp³-hybridized carbons (Fsp3) is 0.529. The molecule has 7 nitrogen and oxygen atoms in total. The highest BCUT2D eigenvalue weighted by Gasteiger charge is 2.14. The predicted octanol–water partition coefficient (Wildman–Crippen LogP) is 1.49. The molecule has 24 heavy (non-hydrogen) atoms. The molecule has 0 heterocycles. The molecule has 0 aliphatic carbocycles. The maximum absolute atomic E-state index is 12.5. The summed E-state index contributed by atoms with van der Waals surface area (Å²) in [5.74, 6) is -0.448. The van der Waals surface area contributed by atoms with Crippen LogP contribution < -0.4 is 15.5 Å². The highest BCUT2D eigenvalue weighted by molar-refractivity contribution is 6.02. The lowest BCUT2D eigenvalue weighted by Gasteiger charge is -2.18. The van der Waals surface area contributed by atoms with E-state index in [0.717, 1.165) is 12.1 Å². The van der Waals surface area contributed by atoms with Crippen LogP contribution in [0, 0.1) is 0 Å². The number of anilines is 2. The largest absolute Gasteiger partial charge is 0.382 e. The topological polar surface area (TPSA) is 79.9 Å². The molecule has 0 fully saturated rings. The molecule has 0 bridgehead atoms. The predicted molar refractivity (Wildman–Crippen MR) is 94.7 cm³/mol. The Kier molecular flexibility index (Phi) is 8.81. The van der Waals surface area contributed by atoms with Crippen LogP contribution >= 0.6 is 0 Å². The van der Waals surface area contributed by atoms with Crippen LogP contribution in [-0.4, -0.2) is 59.4 Å². The molecule has 0 saturated heterocycles. The number of methoxy groups -OCH3 is 1. The smallest absolute Gasteiger partial charge is 0.253 e. The fourth-order valence-corrected chi connectivity index (χ4v) is 2.13. The van der Waals surface area contributed by atoms with Crippen LogP contribution in [0.25, 0.3) is 0 Å². The Balaban J connectivity index is 2.80. The molecular weight excluding hydrogens is 310 g/mol. The SMILES string of the molecule is CCOCCCNC(=O)c1cc(NC(=O)COC)ccc1N(C)C. The average molecular weight is 337 g/mol. The number of carbonyl (C=O) groups is 2. The molecule has 0 unspecified atom stereocenters. The van der Waals surface area contributed by atoms with Gasteiger partial charge < -0.3 is 25.0 Å². The Morgan fingerprint density at radius 1 is 1.25 bits per heavy atom. The Labute approximate surface area is 143 Å². The van der Waals surface area contributed by atoms with E-state index in [2.05, 4.69) is 10.6 Å². The highest BCUT2D eigenvalue weighted by atomic mass is 16.5. The molecule has 1 aromatic carbocycles. The van der Waals surface area contributed by atoms with Crippen LogP contribution in [0.1, 0.15) is 23.7 Å². The summed E-state index contributed by atoms with van der Waals surface area (Å²) < 4.78 is 10.0. The molecule has 0 aromatic heterocycles. The van der Waals surface area contributed by atoms with Crippen molar-refractivity contribution in [2.75, 3.05) is 57.8 Å². The van der Waals surface area contributed by atoms with Crippen molar-refractivity contribution in [3.8, 4) is 0 Å². The van der Waals surface area contributed by atoms with Crippen LogP contribution in [0.5, 0.6) is 0 Å². The number of benzene rings is 1. The highest BCUT2D eigenvalue weighted by Crippen LogP contribution is 2.23. The van der Waals surface area contributed by atoms with Gasteiger partial charge in [0.25, 0.3) is 5.91 Å². The number of ether oxygens (including phenoxy) is 2. The van der Waals surface area contributed by atoms with Gasteiger partial charge in [0.05, 0.1) is 5.56 Å². The number of carbonyl (C=O) groups excluding carboxylic acids is 2. The Morgan fingerprint density at radius 3 is 2.62 bits per heavy atom. The van der Waals surface area contributed by atoms with Crippen molar-refractivity contribution in [1.82, 2.24) is 5.32 Å².